The van der Waals surface area contributed by atoms with Crippen LogP contribution in [0.15, 0.2) is 88.1 Å². The maximum absolute atomic E-state index is 12.4. The lowest BCUT2D eigenvalue weighted by Gasteiger charge is -2.09. The Hall–Kier alpha value is -3.63. The van der Waals surface area contributed by atoms with Crippen molar-refractivity contribution in [2.24, 2.45) is 0 Å². The number of benzene rings is 3. The van der Waals surface area contributed by atoms with E-state index in [2.05, 4.69) is 5.32 Å². The second-order valence-electron chi connectivity index (χ2n) is 6.89. The van der Waals surface area contributed by atoms with Crippen molar-refractivity contribution < 1.29 is 9.21 Å². The van der Waals surface area contributed by atoms with Crippen LogP contribution >= 0.6 is 11.6 Å². The number of amides is 1. The Morgan fingerprint density at radius 2 is 1.73 bits per heavy atom. The van der Waals surface area contributed by atoms with Crippen molar-refractivity contribution in [3.63, 3.8) is 0 Å². The molecular weight excluding hydrogens is 398 g/mol. The van der Waals surface area contributed by atoms with Crippen LogP contribution in [-0.2, 0) is 4.79 Å². The monoisotopic (exact) mass is 415 g/mol. The number of nitrogens with one attached hydrogen (secondary N) is 1. The predicted molar refractivity (Wildman–Crippen MR) is 122 cm³/mol. The summed E-state index contributed by atoms with van der Waals surface area (Å²) in [6.45, 7) is 1.89. The SMILES string of the molecule is Cc1cc(NC(=O)/C=C/c2ccc(Cl)cc2)ccc1-c1cc2ccccc2oc1=O. The first-order chi connectivity index (χ1) is 14.5. The van der Waals surface area contributed by atoms with Crippen molar-refractivity contribution in [3.8, 4) is 11.1 Å². The van der Waals surface area contributed by atoms with Crippen molar-refractivity contribution in [2.75, 3.05) is 5.32 Å². The molecule has 0 fully saturated rings. The molecule has 148 valence electrons. The molecule has 5 heteroatoms. The summed E-state index contributed by atoms with van der Waals surface area (Å²) in [4.78, 5) is 24.7. The molecular formula is C25H18ClNO3. The van der Waals surface area contributed by atoms with E-state index in [0.717, 1.165) is 22.1 Å². The Morgan fingerprint density at radius 1 is 0.967 bits per heavy atom. The Morgan fingerprint density at radius 3 is 2.50 bits per heavy atom. The molecule has 4 aromatic rings. The van der Waals surface area contributed by atoms with E-state index in [9.17, 15) is 9.59 Å². The Bertz CT molecular complexity index is 1320. The lowest BCUT2D eigenvalue weighted by Crippen LogP contribution is -2.08. The van der Waals surface area contributed by atoms with Crippen LogP contribution < -0.4 is 10.9 Å². The van der Waals surface area contributed by atoms with Crippen LogP contribution in [0.4, 0.5) is 5.69 Å². The zero-order valence-electron chi connectivity index (χ0n) is 16.2. The molecule has 0 atom stereocenters. The third-order valence-electron chi connectivity index (χ3n) is 4.72. The van der Waals surface area contributed by atoms with Crippen LogP contribution in [0.5, 0.6) is 0 Å². The smallest absolute Gasteiger partial charge is 0.344 e. The van der Waals surface area contributed by atoms with Crippen molar-refractivity contribution in [3.05, 3.63) is 105 Å². The molecule has 1 aromatic heterocycles. The Kier molecular flexibility index (Phi) is 5.50. The number of anilines is 1. The minimum absolute atomic E-state index is 0.248. The second-order valence-corrected chi connectivity index (χ2v) is 7.33. The minimum Gasteiger partial charge on any atom is -0.422 e. The number of carbonyl (C=O) groups excluding carboxylic acids is 1. The molecule has 1 N–H and O–H groups in total. The topological polar surface area (TPSA) is 59.3 Å². The molecule has 0 aliphatic rings. The van der Waals surface area contributed by atoms with Gasteiger partial charge in [0.15, 0.2) is 0 Å². The van der Waals surface area contributed by atoms with Crippen LogP contribution in [0.3, 0.4) is 0 Å². The fourth-order valence-corrected chi connectivity index (χ4v) is 3.35. The summed E-state index contributed by atoms with van der Waals surface area (Å²) in [5, 5.41) is 4.34. The fourth-order valence-electron chi connectivity index (χ4n) is 3.22. The Balaban J connectivity index is 1.55. The first-order valence-electron chi connectivity index (χ1n) is 9.38. The summed E-state index contributed by atoms with van der Waals surface area (Å²) in [5.74, 6) is -0.248. The first kappa shape index (κ1) is 19.7. The van der Waals surface area contributed by atoms with Crippen LogP contribution in [0.1, 0.15) is 11.1 Å². The molecule has 3 aromatic carbocycles. The van der Waals surface area contributed by atoms with E-state index in [4.69, 9.17) is 16.0 Å². The molecule has 0 spiro atoms. The van der Waals surface area contributed by atoms with Gasteiger partial charge in [0.25, 0.3) is 0 Å². The third kappa shape index (κ3) is 4.34. The summed E-state index contributed by atoms with van der Waals surface area (Å²) >= 11 is 5.86. The van der Waals surface area contributed by atoms with Gasteiger partial charge in [0.05, 0.1) is 5.56 Å². The van der Waals surface area contributed by atoms with E-state index >= 15 is 0 Å². The average Bonchev–Trinajstić information content (AvgIpc) is 2.73. The van der Waals surface area contributed by atoms with Gasteiger partial charge in [-0.3, -0.25) is 4.79 Å². The Labute approximate surface area is 178 Å². The van der Waals surface area contributed by atoms with E-state index < -0.39 is 0 Å². The lowest BCUT2D eigenvalue weighted by atomic mass is 10.0. The molecule has 0 unspecified atom stereocenters. The van der Waals surface area contributed by atoms with Crippen molar-refractivity contribution in [2.45, 2.75) is 6.92 Å². The van der Waals surface area contributed by atoms with Gasteiger partial charge in [0, 0.05) is 22.2 Å². The standard InChI is InChI=1S/C25H18ClNO3/c1-16-14-20(27-24(28)13-8-17-6-9-19(26)10-7-17)11-12-21(16)22-15-18-4-2-3-5-23(18)30-25(22)29/h2-15H,1H3,(H,27,28)/b13-8+. The molecule has 0 radical (unpaired) electrons. The lowest BCUT2D eigenvalue weighted by molar-refractivity contribution is -0.111. The first-order valence-corrected chi connectivity index (χ1v) is 9.76. The van der Waals surface area contributed by atoms with Gasteiger partial charge in [-0.1, -0.05) is 48.0 Å². The molecule has 0 bridgehead atoms. The van der Waals surface area contributed by atoms with Gasteiger partial charge in [-0.05, 0) is 66.1 Å². The van der Waals surface area contributed by atoms with Crippen LogP contribution in [0.2, 0.25) is 5.02 Å². The maximum atomic E-state index is 12.4. The number of carbonyl (C=O) groups is 1. The van der Waals surface area contributed by atoms with Crippen LogP contribution in [0.25, 0.3) is 28.2 Å². The van der Waals surface area contributed by atoms with Crippen LogP contribution in [-0.4, -0.2) is 5.91 Å². The molecule has 30 heavy (non-hydrogen) atoms. The van der Waals surface area contributed by atoms with Crippen molar-refractivity contribution >= 4 is 40.2 Å². The fraction of sp³-hybridized carbons (Fsp3) is 0.0400. The van der Waals surface area contributed by atoms with E-state index in [1.165, 1.54) is 6.08 Å². The molecule has 1 amide bonds. The molecule has 4 nitrogen and oxygen atoms in total. The highest BCUT2D eigenvalue weighted by atomic mass is 35.5. The summed E-state index contributed by atoms with van der Waals surface area (Å²) < 4.78 is 5.44. The van der Waals surface area contributed by atoms with Crippen LogP contribution in [0, 0.1) is 6.92 Å². The predicted octanol–water partition coefficient (Wildman–Crippen LogP) is 6.07. The number of para-hydroxylation sites is 1. The zero-order valence-corrected chi connectivity index (χ0v) is 16.9. The van der Waals surface area contributed by atoms with Gasteiger partial charge in [-0.2, -0.15) is 0 Å². The van der Waals surface area contributed by atoms with Crippen molar-refractivity contribution in [1.29, 1.82) is 0 Å². The highest BCUT2D eigenvalue weighted by Gasteiger charge is 2.11. The van der Waals surface area contributed by atoms with E-state index in [1.54, 1.807) is 30.3 Å². The number of hydrogen-bond donors (Lipinski definition) is 1. The van der Waals surface area contributed by atoms with Gasteiger partial charge in [-0.15, -0.1) is 0 Å². The minimum atomic E-state index is -0.389. The molecule has 4 rings (SSSR count). The summed E-state index contributed by atoms with van der Waals surface area (Å²) in [7, 11) is 0. The number of hydrogen-bond acceptors (Lipinski definition) is 3. The largest absolute Gasteiger partial charge is 0.422 e. The maximum Gasteiger partial charge on any atom is 0.344 e. The van der Waals surface area contributed by atoms with Gasteiger partial charge in [-0.25, -0.2) is 4.79 Å². The highest BCUT2D eigenvalue weighted by molar-refractivity contribution is 6.30. The third-order valence-corrected chi connectivity index (χ3v) is 4.97. The van der Waals surface area contributed by atoms with Gasteiger partial charge in [0.1, 0.15) is 5.58 Å². The normalized spacial score (nSPS) is 11.1. The molecule has 0 saturated carbocycles. The molecule has 0 aliphatic heterocycles. The van der Waals surface area contributed by atoms with Gasteiger partial charge < -0.3 is 9.73 Å². The number of aryl methyl sites for hydroxylation is 1. The highest BCUT2D eigenvalue weighted by Crippen LogP contribution is 2.26. The molecule has 0 aliphatic carbocycles. The second kappa shape index (κ2) is 8.39. The molecule has 0 saturated heterocycles. The zero-order chi connectivity index (χ0) is 21.1. The number of halogens is 1. The van der Waals surface area contributed by atoms with Gasteiger partial charge in [0.2, 0.25) is 5.91 Å². The molecule has 1 heterocycles. The van der Waals surface area contributed by atoms with E-state index in [0.29, 0.717) is 21.9 Å². The summed E-state index contributed by atoms with van der Waals surface area (Å²) in [6, 6.07) is 21.8. The van der Waals surface area contributed by atoms with E-state index in [1.807, 2.05) is 55.5 Å². The van der Waals surface area contributed by atoms with Gasteiger partial charge >= 0.3 is 5.63 Å². The number of rotatable bonds is 4. The van der Waals surface area contributed by atoms with E-state index in [-0.39, 0.29) is 11.5 Å². The van der Waals surface area contributed by atoms with Crippen molar-refractivity contribution in [1.82, 2.24) is 0 Å². The number of fused-ring (bicyclic) bond motifs is 1. The summed E-state index contributed by atoms with van der Waals surface area (Å²) in [6.07, 6.45) is 3.18. The average molecular weight is 416 g/mol. The quantitative estimate of drug-likeness (QED) is 0.325. The summed E-state index contributed by atoms with van der Waals surface area (Å²) in [5.41, 5.74) is 3.81.